The van der Waals surface area contributed by atoms with Crippen LogP contribution in [-0.4, -0.2) is 43.8 Å². The molecule has 0 aliphatic carbocycles. The van der Waals surface area contributed by atoms with Crippen LogP contribution < -0.4 is 9.62 Å². The first-order valence-corrected chi connectivity index (χ1v) is 16.4. The number of hydrogen-bond acceptors (Lipinski definition) is 4. The zero-order valence-electron chi connectivity index (χ0n) is 25.8. The van der Waals surface area contributed by atoms with Crippen molar-refractivity contribution < 1.29 is 18.0 Å². The number of anilines is 1. The fourth-order valence-electron chi connectivity index (χ4n) is 4.90. The molecule has 4 aromatic rings. The molecule has 0 spiro atoms. The third-order valence-corrected chi connectivity index (χ3v) is 9.64. The Labute approximate surface area is 261 Å². The summed E-state index contributed by atoms with van der Waals surface area (Å²) in [7, 11) is -4.13. The molecule has 0 bridgehead atoms. The molecule has 0 unspecified atom stereocenters. The molecule has 4 aromatic carbocycles. The van der Waals surface area contributed by atoms with E-state index in [9.17, 15) is 18.0 Å². The molecule has 0 fully saturated rings. The molecule has 1 N–H and O–H groups in total. The lowest BCUT2D eigenvalue weighted by Gasteiger charge is -2.34. The average molecular weight is 612 g/mol. The van der Waals surface area contributed by atoms with Crippen LogP contribution in [0.4, 0.5) is 5.69 Å². The standard InChI is InChI=1S/C36H41N3O4S/c1-5-29(4)37-36(41)34(24-30-15-9-6-10-16-30)38(25-31-17-11-7-12-18-31)35(40)26-39(32-22-21-27(2)28(3)23-32)44(42,43)33-19-13-8-14-20-33/h6-23,29,34H,5,24-26H2,1-4H3,(H,37,41)/t29-,34+/m1/s1. The van der Waals surface area contributed by atoms with Crippen molar-refractivity contribution in [2.24, 2.45) is 0 Å². The van der Waals surface area contributed by atoms with Crippen LogP contribution in [0.15, 0.2) is 114 Å². The van der Waals surface area contributed by atoms with E-state index in [0.29, 0.717) is 5.69 Å². The molecular formula is C36H41N3O4S. The van der Waals surface area contributed by atoms with Gasteiger partial charge < -0.3 is 10.2 Å². The summed E-state index contributed by atoms with van der Waals surface area (Å²) in [6.07, 6.45) is 1.00. The fourth-order valence-corrected chi connectivity index (χ4v) is 6.33. The van der Waals surface area contributed by atoms with E-state index in [1.54, 1.807) is 30.3 Å². The first kappa shape index (κ1) is 32.5. The second-order valence-corrected chi connectivity index (χ2v) is 13.0. The molecule has 0 aromatic heterocycles. The van der Waals surface area contributed by atoms with Crippen molar-refractivity contribution >= 4 is 27.5 Å². The number of nitrogens with one attached hydrogen (secondary N) is 1. The Morgan fingerprint density at radius 3 is 1.91 bits per heavy atom. The lowest BCUT2D eigenvalue weighted by atomic mass is 10.0. The van der Waals surface area contributed by atoms with Gasteiger partial charge in [-0.2, -0.15) is 0 Å². The molecule has 230 valence electrons. The molecule has 0 heterocycles. The number of rotatable bonds is 13. The number of carbonyl (C=O) groups excluding carboxylic acids is 2. The van der Waals surface area contributed by atoms with E-state index in [1.165, 1.54) is 17.0 Å². The summed E-state index contributed by atoms with van der Waals surface area (Å²) < 4.78 is 29.4. The van der Waals surface area contributed by atoms with E-state index >= 15 is 0 Å². The predicted molar refractivity (Wildman–Crippen MR) is 176 cm³/mol. The van der Waals surface area contributed by atoms with Crippen molar-refractivity contribution in [3.8, 4) is 0 Å². The number of carbonyl (C=O) groups is 2. The lowest BCUT2D eigenvalue weighted by Crippen LogP contribution is -2.54. The summed E-state index contributed by atoms with van der Waals surface area (Å²) in [4.78, 5) is 30.0. The zero-order chi connectivity index (χ0) is 31.7. The Morgan fingerprint density at radius 2 is 1.34 bits per heavy atom. The van der Waals surface area contributed by atoms with Gasteiger partial charge in [0.2, 0.25) is 11.8 Å². The monoisotopic (exact) mass is 611 g/mol. The van der Waals surface area contributed by atoms with Gasteiger partial charge in [0.25, 0.3) is 10.0 Å². The maximum Gasteiger partial charge on any atom is 0.264 e. The fraction of sp³-hybridized carbons (Fsp3) is 0.278. The first-order valence-electron chi connectivity index (χ1n) is 14.9. The van der Waals surface area contributed by atoms with Gasteiger partial charge in [-0.15, -0.1) is 0 Å². The summed E-state index contributed by atoms with van der Waals surface area (Å²) in [6, 6.07) is 31.5. The number of sulfonamides is 1. The van der Waals surface area contributed by atoms with E-state index in [4.69, 9.17) is 0 Å². The molecule has 44 heavy (non-hydrogen) atoms. The maximum absolute atomic E-state index is 14.5. The maximum atomic E-state index is 14.5. The topological polar surface area (TPSA) is 86.8 Å². The Hall–Kier alpha value is -4.43. The molecule has 0 saturated carbocycles. The SMILES string of the molecule is CC[C@@H](C)NC(=O)[C@H](Cc1ccccc1)N(Cc1ccccc1)C(=O)CN(c1ccc(C)c(C)c1)S(=O)(=O)c1ccccc1. The van der Waals surface area contributed by atoms with E-state index < -0.39 is 28.5 Å². The first-order chi connectivity index (χ1) is 21.1. The van der Waals surface area contributed by atoms with E-state index in [1.807, 2.05) is 94.4 Å². The van der Waals surface area contributed by atoms with Crippen molar-refractivity contribution in [2.75, 3.05) is 10.8 Å². The van der Waals surface area contributed by atoms with Crippen LogP contribution in [0.5, 0.6) is 0 Å². The highest BCUT2D eigenvalue weighted by Crippen LogP contribution is 2.27. The molecule has 4 rings (SSSR count). The minimum atomic E-state index is -4.13. The number of aryl methyl sites for hydroxylation is 2. The number of hydrogen-bond donors (Lipinski definition) is 1. The van der Waals surface area contributed by atoms with Crippen molar-refractivity contribution in [1.29, 1.82) is 0 Å². The summed E-state index contributed by atoms with van der Waals surface area (Å²) in [5.74, 6) is -0.761. The molecule has 0 aliphatic heterocycles. The largest absolute Gasteiger partial charge is 0.352 e. The van der Waals surface area contributed by atoms with Crippen molar-refractivity contribution in [2.45, 2.75) is 64.1 Å². The molecular weight excluding hydrogens is 570 g/mol. The van der Waals surface area contributed by atoms with Crippen LogP contribution in [0.2, 0.25) is 0 Å². The van der Waals surface area contributed by atoms with E-state index in [0.717, 1.165) is 33.0 Å². The van der Waals surface area contributed by atoms with Crippen LogP contribution in [0, 0.1) is 13.8 Å². The van der Waals surface area contributed by atoms with Gasteiger partial charge in [-0.3, -0.25) is 13.9 Å². The number of benzene rings is 4. The minimum absolute atomic E-state index is 0.0796. The Bertz CT molecular complexity index is 1650. The second-order valence-electron chi connectivity index (χ2n) is 11.1. The van der Waals surface area contributed by atoms with Crippen LogP contribution in [0.1, 0.15) is 42.5 Å². The van der Waals surface area contributed by atoms with Gasteiger partial charge in [0.15, 0.2) is 0 Å². The number of nitrogens with zero attached hydrogens (tertiary/aromatic N) is 2. The highest BCUT2D eigenvalue weighted by Gasteiger charge is 2.35. The third-order valence-electron chi connectivity index (χ3n) is 7.86. The lowest BCUT2D eigenvalue weighted by molar-refractivity contribution is -0.140. The summed E-state index contributed by atoms with van der Waals surface area (Å²) in [5, 5.41) is 3.06. The number of amides is 2. The van der Waals surface area contributed by atoms with Gasteiger partial charge in [0.1, 0.15) is 12.6 Å². The van der Waals surface area contributed by atoms with Crippen LogP contribution in [0.3, 0.4) is 0 Å². The van der Waals surface area contributed by atoms with E-state index in [2.05, 4.69) is 5.32 Å². The third kappa shape index (κ3) is 8.14. The van der Waals surface area contributed by atoms with Crippen molar-refractivity contribution in [3.63, 3.8) is 0 Å². The average Bonchev–Trinajstić information content (AvgIpc) is 3.04. The highest BCUT2D eigenvalue weighted by molar-refractivity contribution is 7.92. The Kier molecular flexibility index (Phi) is 11.0. The second kappa shape index (κ2) is 14.8. The van der Waals surface area contributed by atoms with Gasteiger partial charge in [-0.25, -0.2) is 8.42 Å². The molecule has 0 radical (unpaired) electrons. The van der Waals surface area contributed by atoms with Gasteiger partial charge >= 0.3 is 0 Å². The van der Waals surface area contributed by atoms with Crippen molar-refractivity contribution in [3.05, 3.63) is 131 Å². The molecule has 0 saturated heterocycles. The molecule has 8 heteroatoms. The normalized spacial score (nSPS) is 12.6. The van der Waals surface area contributed by atoms with Crippen molar-refractivity contribution in [1.82, 2.24) is 10.2 Å². The molecule has 2 atom stereocenters. The summed E-state index contributed by atoms with van der Waals surface area (Å²) in [5.41, 5.74) is 4.02. The van der Waals surface area contributed by atoms with Crippen LogP contribution in [-0.2, 0) is 32.6 Å². The predicted octanol–water partition coefficient (Wildman–Crippen LogP) is 6.05. The molecule has 2 amide bonds. The van der Waals surface area contributed by atoms with E-state index in [-0.39, 0.29) is 29.8 Å². The summed E-state index contributed by atoms with van der Waals surface area (Å²) >= 11 is 0. The van der Waals surface area contributed by atoms with Crippen LogP contribution >= 0.6 is 0 Å². The Balaban J connectivity index is 1.80. The molecule has 0 aliphatic rings. The minimum Gasteiger partial charge on any atom is -0.352 e. The van der Waals surface area contributed by atoms with Gasteiger partial charge in [-0.05, 0) is 73.7 Å². The highest BCUT2D eigenvalue weighted by atomic mass is 32.2. The zero-order valence-corrected chi connectivity index (χ0v) is 26.6. The molecule has 7 nitrogen and oxygen atoms in total. The Morgan fingerprint density at radius 1 is 0.773 bits per heavy atom. The smallest absolute Gasteiger partial charge is 0.264 e. The van der Waals surface area contributed by atoms with Gasteiger partial charge in [-0.1, -0.05) is 91.9 Å². The summed E-state index contributed by atoms with van der Waals surface area (Å²) in [6.45, 7) is 7.43. The quantitative estimate of drug-likeness (QED) is 0.199. The van der Waals surface area contributed by atoms with Crippen LogP contribution in [0.25, 0.3) is 0 Å². The van der Waals surface area contributed by atoms with Gasteiger partial charge in [0, 0.05) is 19.0 Å². The van der Waals surface area contributed by atoms with Gasteiger partial charge in [0.05, 0.1) is 10.6 Å².